The van der Waals surface area contributed by atoms with Crippen molar-refractivity contribution >= 4 is 33.6 Å². The van der Waals surface area contributed by atoms with E-state index in [0.717, 1.165) is 5.56 Å². The summed E-state index contributed by atoms with van der Waals surface area (Å²) >= 11 is 3.24. The minimum atomic E-state index is -2.95. The standard InChI is InChI=1S/C18H13BrF2N2O2/c19-14-4-7-16(25-18(20)21)13(11-14)3-8-17(24)23-15-5-1-12(2-6-15)9-10-22/h1-8,11,18H,9H2,(H,23,24)/b8-3+. The van der Waals surface area contributed by atoms with Crippen LogP contribution in [0.3, 0.4) is 0 Å². The Morgan fingerprint density at radius 3 is 2.64 bits per heavy atom. The van der Waals surface area contributed by atoms with Gasteiger partial charge in [0, 0.05) is 21.8 Å². The maximum absolute atomic E-state index is 12.4. The second-order valence-electron chi connectivity index (χ2n) is 4.92. The predicted octanol–water partition coefficient (Wildman–Crippen LogP) is 4.77. The van der Waals surface area contributed by atoms with E-state index in [4.69, 9.17) is 5.26 Å². The molecule has 2 aromatic rings. The molecule has 0 fully saturated rings. The molecule has 1 amide bonds. The van der Waals surface area contributed by atoms with Gasteiger partial charge in [-0.1, -0.05) is 28.1 Å². The molecule has 25 heavy (non-hydrogen) atoms. The van der Waals surface area contributed by atoms with Crippen molar-refractivity contribution in [1.29, 1.82) is 5.26 Å². The lowest BCUT2D eigenvalue weighted by Gasteiger charge is -2.08. The van der Waals surface area contributed by atoms with Gasteiger partial charge in [-0.15, -0.1) is 0 Å². The number of nitriles is 1. The first-order valence-electron chi connectivity index (χ1n) is 7.17. The number of ether oxygens (including phenoxy) is 1. The molecule has 0 aliphatic carbocycles. The first-order valence-corrected chi connectivity index (χ1v) is 7.96. The zero-order valence-corrected chi connectivity index (χ0v) is 14.5. The lowest BCUT2D eigenvalue weighted by molar-refractivity contribution is -0.111. The van der Waals surface area contributed by atoms with E-state index >= 15 is 0 Å². The molecular weight excluding hydrogens is 394 g/mol. The maximum atomic E-state index is 12.4. The number of carbonyl (C=O) groups excluding carboxylic acids is 1. The second-order valence-corrected chi connectivity index (χ2v) is 5.83. The predicted molar refractivity (Wildman–Crippen MR) is 94.2 cm³/mol. The summed E-state index contributed by atoms with van der Waals surface area (Å²) in [6.07, 6.45) is 2.91. The molecule has 0 bridgehead atoms. The number of halogens is 3. The number of rotatable bonds is 6. The zero-order chi connectivity index (χ0) is 18.2. The van der Waals surface area contributed by atoms with Crippen molar-refractivity contribution in [3.8, 4) is 11.8 Å². The van der Waals surface area contributed by atoms with Crippen LogP contribution in [0.4, 0.5) is 14.5 Å². The Kier molecular flexibility index (Phi) is 6.66. The number of nitrogens with one attached hydrogen (secondary N) is 1. The Bertz CT molecular complexity index is 815. The summed E-state index contributed by atoms with van der Waals surface area (Å²) in [5.41, 5.74) is 1.75. The van der Waals surface area contributed by atoms with Crippen LogP contribution in [-0.4, -0.2) is 12.5 Å². The lowest BCUT2D eigenvalue weighted by atomic mass is 10.1. The highest BCUT2D eigenvalue weighted by Crippen LogP contribution is 2.26. The molecule has 0 aliphatic heterocycles. The van der Waals surface area contributed by atoms with Crippen molar-refractivity contribution in [2.45, 2.75) is 13.0 Å². The second kappa shape index (κ2) is 8.94. The smallest absolute Gasteiger partial charge is 0.387 e. The maximum Gasteiger partial charge on any atom is 0.387 e. The summed E-state index contributed by atoms with van der Waals surface area (Å²) < 4.78 is 29.9. The Morgan fingerprint density at radius 2 is 2.00 bits per heavy atom. The zero-order valence-electron chi connectivity index (χ0n) is 12.9. The van der Waals surface area contributed by atoms with Gasteiger partial charge in [0.05, 0.1) is 12.5 Å². The van der Waals surface area contributed by atoms with Gasteiger partial charge in [-0.2, -0.15) is 14.0 Å². The Hall–Kier alpha value is -2.72. The Morgan fingerprint density at radius 1 is 1.28 bits per heavy atom. The van der Waals surface area contributed by atoms with E-state index in [1.54, 1.807) is 36.4 Å². The summed E-state index contributed by atoms with van der Waals surface area (Å²) in [5.74, 6) is -0.445. The first-order chi connectivity index (χ1) is 12.0. The van der Waals surface area contributed by atoms with Gasteiger partial charge < -0.3 is 10.1 Å². The monoisotopic (exact) mass is 406 g/mol. The number of hydrogen-bond donors (Lipinski definition) is 1. The summed E-state index contributed by atoms with van der Waals surface area (Å²) in [6.45, 7) is -2.95. The molecule has 0 aromatic heterocycles. The van der Waals surface area contributed by atoms with Crippen molar-refractivity contribution in [1.82, 2.24) is 0 Å². The van der Waals surface area contributed by atoms with E-state index in [-0.39, 0.29) is 5.75 Å². The molecule has 0 atom stereocenters. The van der Waals surface area contributed by atoms with Crippen molar-refractivity contribution in [3.05, 3.63) is 64.1 Å². The third-order valence-corrected chi connectivity index (χ3v) is 3.60. The van der Waals surface area contributed by atoms with Crippen LogP contribution in [0, 0.1) is 11.3 Å². The minimum Gasteiger partial charge on any atom is -0.434 e. The van der Waals surface area contributed by atoms with E-state index < -0.39 is 12.5 Å². The molecule has 0 saturated carbocycles. The largest absolute Gasteiger partial charge is 0.434 e. The van der Waals surface area contributed by atoms with Crippen molar-refractivity contribution < 1.29 is 18.3 Å². The van der Waals surface area contributed by atoms with Gasteiger partial charge in [0.25, 0.3) is 0 Å². The van der Waals surface area contributed by atoms with Gasteiger partial charge in [0.1, 0.15) is 5.75 Å². The fraction of sp³-hybridized carbons (Fsp3) is 0.111. The molecule has 2 rings (SSSR count). The highest BCUT2D eigenvalue weighted by Gasteiger charge is 2.09. The number of carbonyl (C=O) groups is 1. The van der Waals surface area contributed by atoms with Crippen LogP contribution in [0.1, 0.15) is 11.1 Å². The number of hydrogen-bond acceptors (Lipinski definition) is 3. The summed E-state index contributed by atoms with van der Waals surface area (Å²) in [5, 5.41) is 11.3. The van der Waals surface area contributed by atoms with Gasteiger partial charge >= 0.3 is 6.61 Å². The van der Waals surface area contributed by atoms with Crippen molar-refractivity contribution in [2.75, 3.05) is 5.32 Å². The quantitative estimate of drug-likeness (QED) is 0.702. The normalized spacial score (nSPS) is 10.7. The van der Waals surface area contributed by atoms with Gasteiger partial charge in [0.15, 0.2) is 0 Å². The molecule has 0 radical (unpaired) electrons. The molecule has 1 N–H and O–H groups in total. The SMILES string of the molecule is N#CCc1ccc(NC(=O)/C=C/c2cc(Br)ccc2OC(F)F)cc1. The van der Waals surface area contributed by atoms with Crippen LogP contribution in [-0.2, 0) is 11.2 Å². The van der Waals surface area contributed by atoms with E-state index in [0.29, 0.717) is 22.1 Å². The average molecular weight is 407 g/mol. The Labute approximate surface area is 151 Å². The van der Waals surface area contributed by atoms with Gasteiger partial charge in [-0.3, -0.25) is 4.79 Å². The summed E-state index contributed by atoms with van der Waals surface area (Å²) in [7, 11) is 0. The van der Waals surface area contributed by atoms with Crippen LogP contribution in [0.15, 0.2) is 53.0 Å². The fourth-order valence-corrected chi connectivity index (χ4v) is 2.38. The van der Waals surface area contributed by atoms with Gasteiger partial charge in [-0.25, -0.2) is 0 Å². The van der Waals surface area contributed by atoms with E-state index in [1.807, 2.05) is 6.07 Å². The third-order valence-electron chi connectivity index (χ3n) is 3.11. The summed E-state index contributed by atoms with van der Waals surface area (Å²) in [6, 6.07) is 13.4. The number of amides is 1. The molecule has 7 heteroatoms. The number of alkyl halides is 2. The molecule has 0 unspecified atom stereocenters. The third kappa shape index (κ3) is 6.01. The van der Waals surface area contributed by atoms with E-state index in [2.05, 4.69) is 26.0 Å². The molecule has 0 aliphatic rings. The van der Waals surface area contributed by atoms with E-state index in [1.165, 1.54) is 18.2 Å². The minimum absolute atomic E-state index is 0.0249. The van der Waals surface area contributed by atoms with Crippen molar-refractivity contribution in [2.24, 2.45) is 0 Å². The van der Waals surface area contributed by atoms with Crippen LogP contribution in [0.2, 0.25) is 0 Å². The van der Waals surface area contributed by atoms with Crippen LogP contribution in [0.25, 0.3) is 6.08 Å². The van der Waals surface area contributed by atoms with Gasteiger partial charge in [-0.05, 0) is 42.0 Å². The lowest BCUT2D eigenvalue weighted by Crippen LogP contribution is -2.08. The highest BCUT2D eigenvalue weighted by molar-refractivity contribution is 9.10. The topological polar surface area (TPSA) is 62.1 Å². The molecule has 0 saturated heterocycles. The van der Waals surface area contributed by atoms with Gasteiger partial charge in [0.2, 0.25) is 5.91 Å². The molecule has 128 valence electrons. The van der Waals surface area contributed by atoms with Crippen LogP contribution < -0.4 is 10.1 Å². The van der Waals surface area contributed by atoms with Crippen LogP contribution >= 0.6 is 15.9 Å². The van der Waals surface area contributed by atoms with E-state index in [9.17, 15) is 13.6 Å². The van der Waals surface area contributed by atoms with Crippen molar-refractivity contribution in [3.63, 3.8) is 0 Å². The van der Waals surface area contributed by atoms with Crippen LogP contribution in [0.5, 0.6) is 5.75 Å². The molecule has 2 aromatic carbocycles. The average Bonchev–Trinajstić information content (AvgIpc) is 2.57. The number of benzene rings is 2. The Balaban J connectivity index is 2.07. The first kappa shape index (κ1) is 18.6. The summed E-state index contributed by atoms with van der Waals surface area (Å²) in [4.78, 5) is 12.0. The molecule has 0 spiro atoms. The molecule has 4 nitrogen and oxygen atoms in total. The molecular formula is C18H13BrF2N2O2. The fourth-order valence-electron chi connectivity index (χ4n) is 2.00. The molecule has 0 heterocycles. The number of anilines is 1. The highest BCUT2D eigenvalue weighted by atomic mass is 79.9. The number of nitrogens with zero attached hydrogens (tertiary/aromatic N) is 1.